The second-order valence-electron chi connectivity index (χ2n) is 5.52. The number of rotatable bonds is 5. The molecule has 3 rings (SSSR count). The second-order valence-corrected chi connectivity index (χ2v) is 6.30. The van der Waals surface area contributed by atoms with Gasteiger partial charge in [-0.15, -0.1) is 0 Å². The molecule has 2 aromatic rings. The van der Waals surface area contributed by atoms with E-state index in [1.807, 2.05) is 12.1 Å². The predicted octanol–water partition coefficient (Wildman–Crippen LogP) is 4.09. The van der Waals surface area contributed by atoms with Gasteiger partial charge < -0.3 is 0 Å². The van der Waals surface area contributed by atoms with Gasteiger partial charge in [-0.2, -0.15) is 16.6 Å². The van der Waals surface area contributed by atoms with E-state index in [9.17, 15) is 0 Å². The highest BCUT2D eigenvalue weighted by Gasteiger charge is 2.29. The molecule has 0 unspecified atom stereocenters. The van der Waals surface area contributed by atoms with Crippen LogP contribution >= 0.6 is 11.3 Å². The van der Waals surface area contributed by atoms with Crippen LogP contribution in [0.15, 0.2) is 35.0 Å². The first-order chi connectivity index (χ1) is 9.76. The van der Waals surface area contributed by atoms with E-state index < -0.39 is 0 Å². The van der Waals surface area contributed by atoms with E-state index in [0.29, 0.717) is 0 Å². The van der Waals surface area contributed by atoms with E-state index in [4.69, 9.17) is 5.26 Å². The van der Waals surface area contributed by atoms with Gasteiger partial charge in [0.25, 0.3) is 0 Å². The normalized spacial score (nSPS) is 14.4. The van der Waals surface area contributed by atoms with Crippen LogP contribution in [0.2, 0.25) is 0 Å². The quantitative estimate of drug-likeness (QED) is 0.825. The molecule has 1 aliphatic carbocycles. The summed E-state index contributed by atoms with van der Waals surface area (Å²) in [5, 5.41) is 13.3. The van der Waals surface area contributed by atoms with Gasteiger partial charge in [-0.05, 0) is 65.4 Å². The Morgan fingerprint density at radius 1 is 1.30 bits per heavy atom. The lowest BCUT2D eigenvalue weighted by molar-refractivity contribution is 0.245. The van der Waals surface area contributed by atoms with Gasteiger partial charge in [-0.1, -0.05) is 6.07 Å². The lowest BCUT2D eigenvalue weighted by Crippen LogP contribution is -2.25. The van der Waals surface area contributed by atoms with Crippen LogP contribution in [0.4, 0.5) is 0 Å². The van der Waals surface area contributed by atoms with Crippen LogP contribution in [-0.2, 0) is 13.1 Å². The van der Waals surface area contributed by atoms with Crippen molar-refractivity contribution in [1.82, 2.24) is 4.90 Å². The SMILES string of the molecule is Cc1cc(C#N)ccc1CN(Cc1ccsc1)C1CC1. The number of nitriles is 1. The Labute approximate surface area is 124 Å². The summed E-state index contributed by atoms with van der Waals surface area (Å²) < 4.78 is 0. The van der Waals surface area contributed by atoms with Crippen molar-refractivity contribution < 1.29 is 0 Å². The minimum atomic E-state index is 0.741. The van der Waals surface area contributed by atoms with Crippen molar-refractivity contribution in [3.63, 3.8) is 0 Å². The van der Waals surface area contributed by atoms with Crippen LogP contribution < -0.4 is 0 Å². The standard InChI is InChI=1S/C17H18N2S/c1-13-8-14(9-18)2-3-16(13)11-19(17-4-5-17)10-15-6-7-20-12-15/h2-3,6-8,12,17H,4-5,10-11H2,1H3. The topological polar surface area (TPSA) is 27.0 Å². The Morgan fingerprint density at radius 3 is 2.75 bits per heavy atom. The van der Waals surface area contributed by atoms with Crippen LogP contribution in [0.3, 0.4) is 0 Å². The van der Waals surface area contributed by atoms with E-state index in [-0.39, 0.29) is 0 Å². The van der Waals surface area contributed by atoms with Crippen molar-refractivity contribution in [3.8, 4) is 6.07 Å². The highest BCUT2D eigenvalue weighted by Crippen LogP contribution is 2.30. The van der Waals surface area contributed by atoms with Gasteiger partial charge >= 0.3 is 0 Å². The van der Waals surface area contributed by atoms with Crippen LogP contribution in [-0.4, -0.2) is 10.9 Å². The van der Waals surface area contributed by atoms with Gasteiger partial charge in [-0.25, -0.2) is 0 Å². The molecule has 102 valence electrons. The third-order valence-electron chi connectivity index (χ3n) is 3.87. The molecule has 0 aliphatic heterocycles. The summed E-state index contributed by atoms with van der Waals surface area (Å²) in [5.74, 6) is 0. The smallest absolute Gasteiger partial charge is 0.0991 e. The number of hydrogen-bond donors (Lipinski definition) is 0. The second kappa shape index (κ2) is 5.78. The third-order valence-corrected chi connectivity index (χ3v) is 4.61. The molecule has 1 aliphatic rings. The molecule has 1 heterocycles. The molecule has 0 saturated heterocycles. The summed E-state index contributed by atoms with van der Waals surface area (Å²) in [6.45, 7) is 4.12. The molecule has 0 atom stereocenters. The van der Waals surface area contributed by atoms with Crippen molar-refractivity contribution >= 4 is 11.3 Å². The van der Waals surface area contributed by atoms with Crippen LogP contribution in [0.5, 0.6) is 0 Å². The summed E-state index contributed by atoms with van der Waals surface area (Å²) in [6.07, 6.45) is 2.64. The molecule has 20 heavy (non-hydrogen) atoms. The Kier molecular flexibility index (Phi) is 3.86. The minimum Gasteiger partial charge on any atom is -0.292 e. The Morgan fingerprint density at radius 2 is 2.15 bits per heavy atom. The summed E-state index contributed by atoms with van der Waals surface area (Å²) >= 11 is 1.77. The van der Waals surface area contributed by atoms with Gasteiger partial charge in [0.2, 0.25) is 0 Å². The van der Waals surface area contributed by atoms with E-state index in [1.165, 1.54) is 29.5 Å². The highest BCUT2D eigenvalue weighted by molar-refractivity contribution is 7.07. The number of aryl methyl sites for hydroxylation is 1. The van der Waals surface area contributed by atoms with Crippen LogP contribution in [0.1, 0.15) is 35.1 Å². The van der Waals surface area contributed by atoms with E-state index in [0.717, 1.165) is 24.7 Å². The van der Waals surface area contributed by atoms with Gasteiger partial charge in [0.05, 0.1) is 11.6 Å². The Hall–Kier alpha value is -1.63. The van der Waals surface area contributed by atoms with E-state index in [2.05, 4.69) is 40.8 Å². The summed E-state index contributed by atoms with van der Waals surface area (Å²) in [6, 6.07) is 11.2. The molecular formula is C17H18N2S. The first-order valence-electron chi connectivity index (χ1n) is 7.01. The van der Waals surface area contributed by atoms with Crippen LogP contribution in [0, 0.1) is 18.3 Å². The molecule has 3 heteroatoms. The molecule has 1 saturated carbocycles. The lowest BCUT2D eigenvalue weighted by Gasteiger charge is -2.22. The summed E-state index contributed by atoms with van der Waals surface area (Å²) in [7, 11) is 0. The average molecular weight is 282 g/mol. The number of benzene rings is 1. The number of hydrogen-bond acceptors (Lipinski definition) is 3. The molecule has 1 aromatic carbocycles. The maximum absolute atomic E-state index is 8.94. The zero-order chi connectivity index (χ0) is 13.9. The predicted molar refractivity (Wildman–Crippen MR) is 82.5 cm³/mol. The van der Waals surface area contributed by atoms with Crippen molar-refractivity contribution in [3.05, 3.63) is 57.3 Å². The largest absolute Gasteiger partial charge is 0.292 e. The fourth-order valence-corrected chi connectivity index (χ4v) is 3.19. The molecule has 0 N–H and O–H groups in total. The van der Waals surface area contributed by atoms with E-state index in [1.54, 1.807) is 11.3 Å². The zero-order valence-corrected chi connectivity index (χ0v) is 12.5. The van der Waals surface area contributed by atoms with E-state index >= 15 is 0 Å². The van der Waals surface area contributed by atoms with Crippen LogP contribution in [0.25, 0.3) is 0 Å². The third kappa shape index (κ3) is 3.09. The molecule has 0 amide bonds. The van der Waals surface area contributed by atoms with Gasteiger partial charge in [0.15, 0.2) is 0 Å². The molecule has 0 radical (unpaired) electrons. The summed E-state index contributed by atoms with van der Waals surface area (Å²) in [4.78, 5) is 2.57. The Bertz CT molecular complexity index is 621. The molecule has 0 spiro atoms. The number of nitrogens with zero attached hydrogens (tertiary/aromatic N) is 2. The lowest BCUT2D eigenvalue weighted by atomic mass is 10.0. The molecule has 1 fully saturated rings. The highest BCUT2D eigenvalue weighted by atomic mass is 32.1. The van der Waals surface area contributed by atoms with Crippen molar-refractivity contribution in [2.75, 3.05) is 0 Å². The fraction of sp³-hybridized carbons (Fsp3) is 0.353. The van der Waals surface area contributed by atoms with Crippen molar-refractivity contribution in [2.24, 2.45) is 0 Å². The first kappa shape index (κ1) is 13.4. The van der Waals surface area contributed by atoms with Crippen molar-refractivity contribution in [2.45, 2.75) is 38.9 Å². The van der Waals surface area contributed by atoms with Gasteiger partial charge in [0, 0.05) is 19.1 Å². The fourth-order valence-electron chi connectivity index (χ4n) is 2.53. The molecule has 2 nitrogen and oxygen atoms in total. The maximum Gasteiger partial charge on any atom is 0.0991 e. The van der Waals surface area contributed by atoms with Gasteiger partial charge in [0.1, 0.15) is 0 Å². The Balaban J connectivity index is 1.75. The summed E-state index contributed by atoms with van der Waals surface area (Å²) in [5.41, 5.74) is 4.72. The molecular weight excluding hydrogens is 264 g/mol. The zero-order valence-electron chi connectivity index (χ0n) is 11.7. The average Bonchev–Trinajstić information content (AvgIpc) is 3.18. The monoisotopic (exact) mass is 282 g/mol. The molecule has 1 aromatic heterocycles. The van der Waals surface area contributed by atoms with Gasteiger partial charge in [-0.3, -0.25) is 4.90 Å². The number of thiophene rings is 1. The minimum absolute atomic E-state index is 0.741. The first-order valence-corrected chi connectivity index (χ1v) is 7.95. The maximum atomic E-state index is 8.94. The van der Waals surface area contributed by atoms with Crippen molar-refractivity contribution in [1.29, 1.82) is 5.26 Å². The molecule has 0 bridgehead atoms.